The average Bonchev–Trinajstić information content (AvgIpc) is 2.37. The van der Waals surface area contributed by atoms with Crippen molar-refractivity contribution < 1.29 is 4.74 Å². The Labute approximate surface area is 134 Å². The molecule has 0 aliphatic rings. The molecule has 0 saturated heterocycles. The number of nitrogens with zero attached hydrogens (tertiary/aromatic N) is 2. The highest BCUT2D eigenvalue weighted by atomic mass is 79.9. The summed E-state index contributed by atoms with van der Waals surface area (Å²) in [7, 11) is 0. The Morgan fingerprint density at radius 3 is 2.38 bits per heavy atom. The van der Waals surface area contributed by atoms with Gasteiger partial charge in [0.25, 0.3) is 0 Å². The van der Waals surface area contributed by atoms with Crippen LogP contribution in [0.3, 0.4) is 0 Å². The van der Waals surface area contributed by atoms with Crippen LogP contribution in [-0.2, 0) is 5.41 Å². The fraction of sp³-hybridized carbons (Fsp3) is 0.412. The van der Waals surface area contributed by atoms with E-state index in [1.807, 2.05) is 18.2 Å². The summed E-state index contributed by atoms with van der Waals surface area (Å²) in [6.07, 6.45) is 0. The van der Waals surface area contributed by atoms with Gasteiger partial charge in [0.05, 0.1) is 0 Å². The van der Waals surface area contributed by atoms with Gasteiger partial charge in [-0.15, -0.1) is 0 Å². The largest absolute Gasteiger partial charge is 0.439 e. The van der Waals surface area contributed by atoms with E-state index in [0.29, 0.717) is 11.8 Å². The van der Waals surface area contributed by atoms with E-state index in [4.69, 9.17) is 4.74 Å². The predicted molar refractivity (Wildman–Crippen MR) is 89.0 cm³/mol. The topological polar surface area (TPSA) is 35.0 Å². The minimum Gasteiger partial charge on any atom is -0.439 e. The second kappa shape index (κ2) is 6.14. The fourth-order valence-electron chi connectivity index (χ4n) is 1.95. The first kappa shape index (κ1) is 16.0. The fourth-order valence-corrected chi connectivity index (χ4v) is 2.31. The molecule has 0 saturated carbocycles. The summed E-state index contributed by atoms with van der Waals surface area (Å²) in [6.45, 7) is 10.6. The van der Waals surface area contributed by atoms with Gasteiger partial charge in [0.2, 0.25) is 5.88 Å². The van der Waals surface area contributed by atoms with E-state index in [0.717, 1.165) is 16.2 Å². The third kappa shape index (κ3) is 4.03. The van der Waals surface area contributed by atoms with Gasteiger partial charge < -0.3 is 4.74 Å². The van der Waals surface area contributed by atoms with Crippen LogP contribution >= 0.6 is 15.9 Å². The maximum atomic E-state index is 6.01. The molecule has 0 bridgehead atoms. The molecule has 0 radical (unpaired) electrons. The Morgan fingerprint density at radius 1 is 1.10 bits per heavy atom. The minimum absolute atomic E-state index is 0.126. The molecule has 0 unspecified atom stereocenters. The maximum absolute atomic E-state index is 6.01. The van der Waals surface area contributed by atoms with Crippen molar-refractivity contribution in [2.75, 3.05) is 0 Å². The van der Waals surface area contributed by atoms with E-state index < -0.39 is 0 Å². The molecule has 4 heteroatoms. The van der Waals surface area contributed by atoms with E-state index in [-0.39, 0.29) is 5.41 Å². The molecule has 0 aliphatic carbocycles. The van der Waals surface area contributed by atoms with Gasteiger partial charge in [-0.1, -0.05) is 52.8 Å². The molecule has 112 valence electrons. The molecule has 0 amide bonds. The zero-order valence-corrected chi connectivity index (χ0v) is 14.7. The van der Waals surface area contributed by atoms with Gasteiger partial charge in [-0.3, -0.25) is 0 Å². The van der Waals surface area contributed by atoms with Crippen LogP contribution in [0.15, 0.2) is 34.9 Å². The molecule has 1 heterocycles. The highest BCUT2D eigenvalue weighted by molar-refractivity contribution is 9.10. The summed E-state index contributed by atoms with van der Waals surface area (Å²) in [6, 6.07) is 9.86. The molecule has 0 aliphatic heterocycles. The van der Waals surface area contributed by atoms with Crippen LogP contribution in [0.25, 0.3) is 0 Å². The summed E-state index contributed by atoms with van der Waals surface area (Å²) in [4.78, 5) is 8.97. The van der Waals surface area contributed by atoms with Crippen molar-refractivity contribution in [3.05, 3.63) is 46.3 Å². The summed E-state index contributed by atoms with van der Waals surface area (Å²) >= 11 is 3.44. The van der Waals surface area contributed by atoms with Gasteiger partial charge in [0, 0.05) is 11.5 Å². The molecule has 1 aromatic heterocycles. The van der Waals surface area contributed by atoms with Gasteiger partial charge >= 0.3 is 0 Å². The lowest BCUT2D eigenvalue weighted by molar-refractivity contribution is 0.438. The summed E-state index contributed by atoms with van der Waals surface area (Å²) in [5.74, 6) is 2.57. The number of hydrogen-bond donors (Lipinski definition) is 0. The smallest absolute Gasteiger partial charge is 0.223 e. The van der Waals surface area contributed by atoms with Crippen LogP contribution in [0, 0.1) is 0 Å². The van der Waals surface area contributed by atoms with Crippen molar-refractivity contribution in [3.8, 4) is 11.6 Å². The molecule has 21 heavy (non-hydrogen) atoms. The third-order valence-corrected chi connectivity index (χ3v) is 3.50. The Morgan fingerprint density at radius 2 is 1.76 bits per heavy atom. The number of ether oxygens (including phenoxy) is 1. The van der Waals surface area contributed by atoms with E-state index in [1.54, 1.807) is 6.07 Å². The lowest BCUT2D eigenvalue weighted by Crippen LogP contribution is -2.16. The van der Waals surface area contributed by atoms with E-state index in [2.05, 4.69) is 66.6 Å². The van der Waals surface area contributed by atoms with E-state index in [9.17, 15) is 0 Å². The first-order chi connectivity index (χ1) is 9.77. The van der Waals surface area contributed by atoms with Crippen molar-refractivity contribution in [1.82, 2.24) is 9.97 Å². The molecule has 2 rings (SSSR count). The van der Waals surface area contributed by atoms with Crippen molar-refractivity contribution in [2.24, 2.45) is 0 Å². The van der Waals surface area contributed by atoms with Crippen LogP contribution in [0.4, 0.5) is 0 Å². The van der Waals surface area contributed by atoms with Gasteiger partial charge in [0.15, 0.2) is 0 Å². The molecule has 0 N–H and O–H groups in total. The summed E-state index contributed by atoms with van der Waals surface area (Å²) in [5.41, 5.74) is 1.05. The van der Waals surface area contributed by atoms with Crippen molar-refractivity contribution in [1.29, 1.82) is 0 Å². The summed E-state index contributed by atoms with van der Waals surface area (Å²) < 4.78 is 6.74. The second-order valence-corrected chi connectivity index (χ2v) is 7.21. The van der Waals surface area contributed by atoms with Crippen LogP contribution < -0.4 is 4.74 Å². The standard InChI is InChI=1S/C17H21BrN2O/c1-11(2)12-8-6-7-9-13(12)21-15-10-14(18)19-16(20-15)17(3,4)5/h6-11H,1-5H3. The monoisotopic (exact) mass is 348 g/mol. The van der Waals surface area contributed by atoms with E-state index >= 15 is 0 Å². The van der Waals surface area contributed by atoms with Gasteiger partial charge in [0.1, 0.15) is 16.2 Å². The molecule has 2 aromatic rings. The Bertz CT molecular complexity index is 633. The molecular formula is C17H21BrN2O. The van der Waals surface area contributed by atoms with Crippen molar-refractivity contribution in [2.45, 2.75) is 46.0 Å². The van der Waals surface area contributed by atoms with Gasteiger partial charge in [-0.2, -0.15) is 4.98 Å². The quantitative estimate of drug-likeness (QED) is 0.691. The number of rotatable bonds is 3. The second-order valence-electron chi connectivity index (χ2n) is 6.40. The lowest BCUT2D eigenvalue weighted by atomic mass is 9.96. The number of halogens is 1. The SMILES string of the molecule is CC(C)c1ccccc1Oc1cc(Br)nc(C(C)(C)C)n1. The van der Waals surface area contributed by atoms with Crippen LogP contribution in [-0.4, -0.2) is 9.97 Å². The molecular weight excluding hydrogens is 328 g/mol. The zero-order valence-electron chi connectivity index (χ0n) is 13.1. The van der Waals surface area contributed by atoms with E-state index in [1.165, 1.54) is 5.56 Å². The highest BCUT2D eigenvalue weighted by Crippen LogP contribution is 2.31. The van der Waals surface area contributed by atoms with Crippen LogP contribution in [0.1, 0.15) is 51.9 Å². The number of benzene rings is 1. The van der Waals surface area contributed by atoms with Gasteiger partial charge in [-0.05, 0) is 33.5 Å². The lowest BCUT2D eigenvalue weighted by Gasteiger charge is -2.18. The minimum atomic E-state index is -0.126. The Kier molecular flexibility index (Phi) is 4.67. The molecule has 3 nitrogen and oxygen atoms in total. The molecule has 0 fully saturated rings. The Hall–Kier alpha value is -1.42. The average molecular weight is 349 g/mol. The molecule has 0 atom stereocenters. The maximum Gasteiger partial charge on any atom is 0.223 e. The summed E-state index contributed by atoms with van der Waals surface area (Å²) in [5, 5.41) is 0. The normalized spacial score (nSPS) is 11.8. The van der Waals surface area contributed by atoms with Crippen LogP contribution in [0.5, 0.6) is 11.6 Å². The molecule has 1 aromatic carbocycles. The predicted octanol–water partition coefficient (Wildman–Crippen LogP) is 5.45. The highest BCUT2D eigenvalue weighted by Gasteiger charge is 2.19. The number of hydrogen-bond acceptors (Lipinski definition) is 3. The first-order valence-electron chi connectivity index (χ1n) is 7.09. The molecule has 0 spiro atoms. The van der Waals surface area contributed by atoms with Crippen LogP contribution in [0.2, 0.25) is 0 Å². The Balaban J connectivity index is 2.39. The third-order valence-electron chi connectivity index (χ3n) is 3.10. The number of aromatic nitrogens is 2. The first-order valence-corrected chi connectivity index (χ1v) is 7.88. The zero-order chi connectivity index (χ0) is 15.6. The van der Waals surface area contributed by atoms with Crippen molar-refractivity contribution >= 4 is 15.9 Å². The van der Waals surface area contributed by atoms with Crippen molar-refractivity contribution in [3.63, 3.8) is 0 Å². The van der Waals surface area contributed by atoms with Gasteiger partial charge in [-0.25, -0.2) is 4.98 Å². The number of para-hydroxylation sites is 1.